The van der Waals surface area contributed by atoms with Crippen LogP contribution in [-0.2, 0) is 11.2 Å². The number of aryl methyl sites for hydroxylation is 1. The number of rotatable bonds is 4. The van der Waals surface area contributed by atoms with E-state index in [1.165, 1.54) is 0 Å². The molecule has 2 aromatic rings. The topological polar surface area (TPSA) is 67.2 Å². The number of hydrogen-bond donors (Lipinski definition) is 0. The van der Waals surface area contributed by atoms with Gasteiger partial charge in [-0.3, -0.25) is 14.0 Å². The summed E-state index contributed by atoms with van der Waals surface area (Å²) in [5.41, 5.74) is 2.00. The van der Waals surface area contributed by atoms with Crippen LogP contribution in [0.1, 0.15) is 23.1 Å². The maximum absolute atomic E-state index is 13.0. The molecule has 0 unspecified atom stereocenters. The molecule has 122 valence electrons. The zero-order valence-electron chi connectivity index (χ0n) is 13.4. The van der Waals surface area contributed by atoms with E-state index in [4.69, 9.17) is 4.74 Å². The van der Waals surface area contributed by atoms with Gasteiger partial charge < -0.3 is 14.5 Å². The van der Waals surface area contributed by atoms with E-state index in [0.717, 1.165) is 12.1 Å². The van der Waals surface area contributed by atoms with Gasteiger partial charge in [-0.1, -0.05) is 6.92 Å². The van der Waals surface area contributed by atoms with E-state index in [1.807, 2.05) is 25.3 Å². The summed E-state index contributed by atoms with van der Waals surface area (Å²) in [6, 6.07) is 3.67. The van der Waals surface area contributed by atoms with Crippen molar-refractivity contribution in [2.24, 2.45) is 0 Å². The maximum atomic E-state index is 13.0. The van der Waals surface area contributed by atoms with Gasteiger partial charge in [0.1, 0.15) is 5.69 Å². The molecule has 3 heterocycles. The highest BCUT2D eigenvalue weighted by atomic mass is 16.5. The highest BCUT2D eigenvalue weighted by molar-refractivity contribution is 5.95. The number of piperazine rings is 1. The molecule has 0 N–H and O–H groups in total. The Morgan fingerprint density at radius 2 is 2.09 bits per heavy atom. The number of imidazole rings is 1. The van der Waals surface area contributed by atoms with Crippen LogP contribution < -0.4 is 4.74 Å². The normalized spacial score (nSPS) is 15.0. The summed E-state index contributed by atoms with van der Waals surface area (Å²) >= 11 is 0. The average Bonchev–Trinajstić information content (AvgIpc) is 2.99. The summed E-state index contributed by atoms with van der Waals surface area (Å²) in [5.74, 6) is 0.597. The monoisotopic (exact) mass is 316 g/mol. The third-order valence-corrected chi connectivity index (χ3v) is 4.19. The molecule has 1 aliphatic heterocycles. The second kappa shape index (κ2) is 6.28. The van der Waals surface area contributed by atoms with Gasteiger partial charge in [0.25, 0.3) is 5.91 Å². The van der Waals surface area contributed by atoms with Crippen LogP contribution in [0.25, 0.3) is 5.65 Å². The summed E-state index contributed by atoms with van der Waals surface area (Å²) < 4.78 is 7.14. The molecule has 1 aliphatic rings. The second-order valence-electron chi connectivity index (χ2n) is 5.46. The molecule has 0 radical (unpaired) electrons. The lowest BCUT2D eigenvalue weighted by Gasteiger charge is -2.32. The van der Waals surface area contributed by atoms with Crippen LogP contribution in [0.15, 0.2) is 18.3 Å². The van der Waals surface area contributed by atoms with Gasteiger partial charge in [0, 0.05) is 32.4 Å². The minimum atomic E-state index is -0.0480. The molecule has 7 nitrogen and oxygen atoms in total. The van der Waals surface area contributed by atoms with Crippen molar-refractivity contribution in [1.29, 1.82) is 0 Å². The zero-order valence-corrected chi connectivity index (χ0v) is 13.4. The van der Waals surface area contributed by atoms with Gasteiger partial charge in [-0.15, -0.1) is 0 Å². The highest BCUT2D eigenvalue weighted by Crippen LogP contribution is 2.23. The number of pyridine rings is 1. The zero-order chi connectivity index (χ0) is 16.4. The van der Waals surface area contributed by atoms with Gasteiger partial charge in [-0.25, -0.2) is 4.98 Å². The maximum Gasteiger partial charge on any atom is 0.272 e. The van der Waals surface area contributed by atoms with Crippen LogP contribution in [0.5, 0.6) is 5.75 Å². The van der Waals surface area contributed by atoms with Crippen LogP contribution in [0, 0.1) is 0 Å². The molecule has 2 aromatic heterocycles. The van der Waals surface area contributed by atoms with Gasteiger partial charge in [0.2, 0.25) is 6.41 Å². The SMILES string of the molecule is CCc1nc2c(OC)cccn2c1C(=O)N1CCN(C=O)CC1. The Labute approximate surface area is 134 Å². The quantitative estimate of drug-likeness (QED) is 0.783. The summed E-state index contributed by atoms with van der Waals surface area (Å²) in [6.45, 7) is 4.19. The van der Waals surface area contributed by atoms with E-state index >= 15 is 0 Å². The van der Waals surface area contributed by atoms with Crippen LogP contribution in [0.4, 0.5) is 0 Å². The van der Waals surface area contributed by atoms with E-state index in [0.29, 0.717) is 49.7 Å². The molecular formula is C16H20N4O3. The number of methoxy groups -OCH3 is 1. The molecule has 1 saturated heterocycles. The second-order valence-corrected chi connectivity index (χ2v) is 5.46. The van der Waals surface area contributed by atoms with Crippen molar-refractivity contribution in [2.75, 3.05) is 33.3 Å². The molecule has 0 bridgehead atoms. The Balaban J connectivity index is 1.98. The highest BCUT2D eigenvalue weighted by Gasteiger charge is 2.27. The number of carbonyl (C=O) groups excluding carboxylic acids is 2. The van der Waals surface area contributed by atoms with E-state index in [9.17, 15) is 9.59 Å². The summed E-state index contributed by atoms with van der Waals surface area (Å²) in [5, 5.41) is 0. The molecule has 0 spiro atoms. The van der Waals surface area contributed by atoms with E-state index in [1.54, 1.807) is 21.3 Å². The van der Waals surface area contributed by atoms with Crippen molar-refractivity contribution in [3.05, 3.63) is 29.7 Å². The van der Waals surface area contributed by atoms with Crippen LogP contribution in [0.3, 0.4) is 0 Å². The Bertz CT molecular complexity index is 732. The predicted molar refractivity (Wildman–Crippen MR) is 84.7 cm³/mol. The summed E-state index contributed by atoms with van der Waals surface area (Å²) in [4.78, 5) is 31.8. The molecule has 23 heavy (non-hydrogen) atoms. The lowest BCUT2D eigenvalue weighted by atomic mass is 10.2. The standard InChI is InChI=1S/C16H20N4O3/c1-3-12-14(16(22)19-9-7-18(11-21)8-10-19)20-6-4-5-13(23-2)15(20)17-12/h4-6,11H,3,7-10H2,1-2H3. The van der Waals surface area contributed by atoms with Crippen LogP contribution in [-0.4, -0.2) is 64.8 Å². The van der Waals surface area contributed by atoms with Crippen molar-refractivity contribution in [1.82, 2.24) is 19.2 Å². The Hall–Kier alpha value is -2.57. The van der Waals surface area contributed by atoms with Crippen molar-refractivity contribution in [3.63, 3.8) is 0 Å². The minimum Gasteiger partial charge on any atom is -0.493 e. The Morgan fingerprint density at radius 3 is 2.70 bits per heavy atom. The number of hydrogen-bond acceptors (Lipinski definition) is 4. The van der Waals surface area contributed by atoms with Gasteiger partial charge in [0.15, 0.2) is 11.4 Å². The largest absolute Gasteiger partial charge is 0.493 e. The molecule has 1 fully saturated rings. The average molecular weight is 316 g/mol. The van der Waals surface area contributed by atoms with E-state index < -0.39 is 0 Å². The molecular weight excluding hydrogens is 296 g/mol. The lowest BCUT2D eigenvalue weighted by Crippen LogP contribution is -2.48. The van der Waals surface area contributed by atoms with Crippen molar-refractivity contribution in [2.45, 2.75) is 13.3 Å². The van der Waals surface area contributed by atoms with Crippen molar-refractivity contribution in [3.8, 4) is 5.75 Å². The lowest BCUT2D eigenvalue weighted by molar-refractivity contribution is -0.119. The fraction of sp³-hybridized carbons (Fsp3) is 0.438. The molecule has 2 amide bonds. The molecule has 3 rings (SSSR count). The molecule has 7 heteroatoms. The molecule has 0 atom stereocenters. The van der Waals surface area contributed by atoms with Gasteiger partial charge in [-0.2, -0.15) is 0 Å². The van der Waals surface area contributed by atoms with Crippen molar-refractivity contribution >= 4 is 18.0 Å². The van der Waals surface area contributed by atoms with E-state index in [-0.39, 0.29) is 5.91 Å². The molecule has 0 saturated carbocycles. The fourth-order valence-electron chi connectivity index (χ4n) is 2.90. The first-order valence-electron chi connectivity index (χ1n) is 7.72. The number of fused-ring (bicyclic) bond motifs is 1. The Morgan fingerprint density at radius 1 is 1.35 bits per heavy atom. The first kappa shape index (κ1) is 15.3. The number of carbonyl (C=O) groups is 2. The third-order valence-electron chi connectivity index (χ3n) is 4.19. The van der Waals surface area contributed by atoms with Gasteiger partial charge >= 0.3 is 0 Å². The molecule has 0 aromatic carbocycles. The van der Waals surface area contributed by atoms with Crippen LogP contribution >= 0.6 is 0 Å². The number of amides is 2. The predicted octanol–water partition coefficient (Wildman–Crippen LogP) is 0.819. The first-order chi connectivity index (χ1) is 11.2. The number of ether oxygens (including phenoxy) is 1. The number of nitrogens with zero attached hydrogens (tertiary/aromatic N) is 4. The summed E-state index contributed by atoms with van der Waals surface area (Å²) in [7, 11) is 1.59. The van der Waals surface area contributed by atoms with Crippen molar-refractivity contribution < 1.29 is 14.3 Å². The minimum absolute atomic E-state index is 0.0480. The number of aromatic nitrogens is 2. The smallest absolute Gasteiger partial charge is 0.272 e. The fourth-order valence-corrected chi connectivity index (χ4v) is 2.90. The molecule has 0 aliphatic carbocycles. The van der Waals surface area contributed by atoms with Gasteiger partial charge in [0.05, 0.1) is 12.8 Å². The van der Waals surface area contributed by atoms with Crippen LogP contribution in [0.2, 0.25) is 0 Å². The first-order valence-corrected chi connectivity index (χ1v) is 7.72. The Kier molecular flexibility index (Phi) is 4.18. The van der Waals surface area contributed by atoms with Gasteiger partial charge in [-0.05, 0) is 18.6 Å². The third kappa shape index (κ3) is 2.62. The van der Waals surface area contributed by atoms with E-state index in [2.05, 4.69) is 4.98 Å². The summed E-state index contributed by atoms with van der Waals surface area (Å²) in [6.07, 6.45) is 3.33.